The maximum absolute atomic E-state index is 9.43. The highest BCUT2D eigenvalue weighted by Crippen LogP contribution is 2.09. The molecule has 86 valence electrons. The Kier molecular flexibility index (Phi) is 10.9. The molecular weight excluding hydrogens is 174 g/mol. The van der Waals surface area contributed by atoms with Crippen molar-refractivity contribution in [2.45, 2.75) is 64.4 Å². The fraction of sp³-hybridized carbons (Fsp3) is 1.00. The molecule has 2 nitrogen and oxygen atoms in total. The second-order valence-electron chi connectivity index (χ2n) is 4.12. The summed E-state index contributed by atoms with van der Waals surface area (Å²) in [6, 6.07) is 0. The Bertz CT molecular complexity index is 106. The van der Waals surface area contributed by atoms with Gasteiger partial charge in [0.25, 0.3) is 0 Å². The van der Waals surface area contributed by atoms with Gasteiger partial charge in [0.05, 0.1) is 6.10 Å². The van der Waals surface area contributed by atoms with Crippen LogP contribution in [0.25, 0.3) is 0 Å². The molecule has 0 bridgehead atoms. The number of aliphatic hydroxyl groups excluding tert-OH is 1. The SMILES string of the molecule is CCCCCCCCCC(O)CNC. The van der Waals surface area contributed by atoms with Crippen LogP contribution in [0.1, 0.15) is 58.3 Å². The van der Waals surface area contributed by atoms with E-state index in [0.29, 0.717) is 0 Å². The summed E-state index contributed by atoms with van der Waals surface area (Å²) in [5.74, 6) is 0. The van der Waals surface area contributed by atoms with Crippen molar-refractivity contribution >= 4 is 0 Å². The molecule has 0 heterocycles. The van der Waals surface area contributed by atoms with Crippen LogP contribution in [0.3, 0.4) is 0 Å². The molecule has 0 aromatic rings. The third-order valence-electron chi connectivity index (χ3n) is 2.58. The number of aliphatic hydroxyl groups is 1. The van der Waals surface area contributed by atoms with Crippen molar-refractivity contribution in [3.05, 3.63) is 0 Å². The van der Waals surface area contributed by atoms with Crippen molar-refractivity contribution in [1.29, 1.82) is 0 Å². The highest BCUT2D eigenvalue weighted by molar-refractivity contribution is 4.57. The first kappa shape index (κ1) is 13.9. The minimum atomic E-state index is -0.143. The van der Waals surface area contributed by atoms with Gasteiger partial charge in [-0.05, 0) is 13.5 Å². The Morgan fingerprint density at radius 2 is 1.57 bits per heavy atom. The van der Waals surface area contributed by atoms with Crippen molar-refractivity contribution < 1.29 is 5.11 Å². The lowest BCUT2D eigenvalue weighted by molar-refractivity contribution is 0.160. The normalized spacial score (nSPS) is 13.1. The molecule has 0 aliphatic carbocycles. The van der Waals surface area contributed by atoms with E-state index >= 15 is 0 Å². The van der Waals surface area contributed by atoms with Crippen LogP contribution < -0.4 is 5.32 Å². The molecule has 1 unspecified atom stereocenters. The Balaban J connectivity index is 2.98. The van der Waals surface area contributed by atoms with E-state index in [4.69, 9.17) is 0 Å². The van der Waals surface area contributed by atoms with E-state index in [1.807, 2.05) is 7.05 Å². The summed E-state index contributed by atoms with van der Waals surface area (Å²) in [5.41, 5.74) is 0. The van der Waals surface area contributed by atoms with Crippen molar-refractivity contribution in [3.63, 3.8) is 0 Å². The second kappa shape index (κ2) is 11.0. The number of hydrogen-bond acceptors (Lipinski definition) is 2. The zero-order valence-corrected chi connectivity index (χ0v) is 9.89. The van der Waals surface area contributed by atoms with Gasteiger partial charge >= 0.3 is 0 Å². The summed E-state index contributed by atoms with van der Waals surface area (Å²) in [5, 5.41) is 12.4. The molecule has 0 aliphatic rings. The van der Waals surface area contributed by atoms with E-state index in [-0.39, 0.29) is 6.10 Å². The van der Waals surface area contributed by atoms with Gasteiger partial charge in [-0.25, -0.2) is 0 Å². The highest BCUT2D eigenvalue weighted by Gasteiger charge is 2.00. The van der Waals surface area contributed by atoms with Gasteiger partial charge in [-0.15, -0.1) is 0 Å². The van der Waals surface area contributed by atoms with Crippen LogP contribution in [0.5, 0.6) is 0 Å². The molecule has 0 aromatic carbocycles. The van der Waals surface area contributed by atoms with E-state index in [9.17, 15) is 5.11 Å². The lowest BCUT2D eigenvalue weighted by Crippen LogP contribution is -2.23. The van der Waals surface area contributed by atoms with Crippen molar-refractivity contribution in [3.8, 4) is 0 Å². The Morgan fingerprint density at radius 3 is 2.14 bits per heavy atom. The summed E-state index contributed by atoms with van der Waals surface area (Å²) in [6.45, 7) is 2.98. The number of unbranched alkanes of at least 4 members (excludes halogenated alkanes) is 6. The molecule has 14 heavy (non-hydrogen) atoms. The number of nitrogens with one attached hydrogen (secondary N) is 1. The van der Waals surface area contributed by atoms with E-state index in [2.05, 4.69) is 12.2 Å². The topological polar surface area (TPSA) is 32.3 Å². The zero-order chi connectivity index (χ0) is 10.6. The molecule has 0 fully saturated rings. The zero-order valence-electron chi connectivity index (χ0n) is 9.89. The minimum Gasteiger partial charge on any atom is -0.392 e. The van der Waals surface area contributed by atoms with Crippen LogP contribution in [-0.4, -0.2) is 24.8 Å². The Hall–Kier alpha value is -0.0800. The summed E-state index contributed by atoms with van der Waals surface area (Å²) in [6.07, 6.45) is 10.1. The molecule has 2 heteroatoms. The molecule has 0 saturated heterocycles. The summed E-state index contributed by atoms with van der Waals surface area (Å²) in [4.78, 5) is 0. The Labute approximate surface area is 89.1 Å². The molecule has 0 aromatic heterocycles. The Morgan fingerprint density at radius 1 is 1.00 bits per heavy atom. The van der Waals surface area contributed by atoms with Gasteiger partial charge in [-0.2, -0.15) is 0 Å². The summed E-state index contributed by atoms with van der Waals surface area (Å²) in [7, 11) is 1.88. The predicted octanol–water partition coefficient (Wildman–Crippen LogP) is 2.71. The van der Waals surface area contributed by atoms with Crippen LogP contribution >= 0.6 is 0 Å². The van der Waals surface area contributed by atoms with Crippen LogP contribution in [0, 0.1) is 0 Å². The van der Waals surface area contributed by atoms with Gasteiger partial charge in [0.1, 0.15) is 0 Å². The fourth-order valence-electron chi connectivity index (χ4n) is 1.67. The lowest BCUT2D eigenvalue weighted by Gasteiger charge is -2.08. The number of rotatable bonds is 10. The standard InChI is InChI=1S/C12H27NO/c1-3-4-5-6-7-8-9-10-12(14)11-13-2/h12-14H,3-11H2,1-2H3. The smallest absolute Gasteiger partial charge is 0.0664 e. The number of likely N-dealkylation sites (N-methyl/N-ethyl adjacent to an activating group) is 1. The first-order valence-electron chi connectivity index (χ1n) is 6.14. The molecule has 0 saturated carbocycles. The minimum absolute atomic E-state index is 0.143. The molecule has 2 N–H and O–H groups in total. The van der Waals surface area contributed by atoms with Crippen LogP contribution in [0.15, 0.2) is 0 Å². The molecule has 1 atom stereocenters. The molecule has 0 radical (unpaired) electrons. The summed E-state index contributed by atoms with van der Waals surface area (Å²) >= 11 is 0. The van der Waals surface area contributed by atoms with Crippen LogP contribution in [-0.2, 0) is 0 Å². The highest BCUT2D eigenvalue weighted by atomic mass is 16.3. The average molecular weight is 201 g/mol. The van der Waals surface area contributed by atoms with Gasteiger partial charge < -0.3 is 10.4 Å². The van der Waals surface area contributed by atoms with E-state index in [0.717, 1.165) is 13.0 Å². The predicted molar refractivity (Wildman–Crippen MR) is 62.5 cm³/mol. The molecule has 0 spiro atoms. The summed E-state index contributed by atoms with van der Waals surface area (Å²) < 4.78 is 0. The molecule has 0 amide bonds. The van der Waals surface area contributed by atoms with Crippen LogP contribution in [0.4, 0.5) is 0 Å². The van der Waals surface area contributed by atoms with E-state index in [1.165, 1.54) is 44.9 Å². The van der Waals surface area contributed by atoms with E-state index < -0.39 is 0 Å². The average Bonchev–Trinajstić information content (AvgIpc) is 2.17. The lowest BCUT2D eigenvalue weighted by atomic mass is 10.1. The monoisotopic (exact) mass is 201 g/mol. The fourth-order valence-corrected chi connectivity index (χ4v) is 1.67. The van der Waals surface area contributed by atoms with Gasteiger partial charge in [0.2, 0.25) is 0 Å². The van der Waals surface area contributed by atoms with Gasteiger partial charge in [-0.1, -0.05) is 51.9 Å². The van der Waals surface area contributed by atoms with Crippen molar-refractivity contribution in [1.82, 2.24) is 5.32 Å². The third kappa shape index (κ3) is 10.0. The molecular formula is C12H27NO. The molecule has 0 aliphatic heterocycles. The number of hydrogen-bond donors (Lipinski definition) is 2. The first-order valence-corrected chi connectivity index (χ1v) is 6.14. The first-order chi connectivity index (χ1) is 6.81. The van der Waals surface area contributed by atoms with Crippen molar-refractivity contribution in [2.75, 3.05) is 13.6 Å². The van der Waals surface area contributed by atoms with Gasteiger partial charge in [0, 0.05) is 6.54 Å². The maximum atomic E-state index is 9.43. The maximum Gasteiger partial charge on any atom is 0.0664 e. The van der Waals surface area contributed by atoms with Gasteiger partial charge in [-0.3, -0.25) is 0 Å². The quantitative estimate of drug-likeness (QED) is 0.533. The van der Waals surface area contributed by atoms with Crippen LogP contribution in [0.2, 0.25) is 0 Å². The van der Waals surface area contributed by atoms with Gasteiger partial charge in [0.15, 0.2) is 0 Å². The van der Waals surface area contributed by atoms with Crippen molar-refractivity contribution in [2.24, 2.45) is 0 Å². The van der Waals surface area contributed by atoms with E-state index in [1.54, 1.807) is 0 Å². The second-order valence-corrected chi connectivity index (χ2v) is 4.12. The molecule has 0 rings (SSSR count). The largest absolute Gasteiger partial charge is 0.392 e. The third-order valence-corrected chi connectivity index (χ3v) is 2.58.